The Morgan fingerprint density at radius 3 is 2.80 bits per heavy atom. The van der Waals surface area contributed by atoms with E-state index in [-0.39, 0.29) is 0 Å². The summed E-state index contributed by atoms with van der Waals surface area (Å²) in [6.45, 7) is 4.35. The summed E-state index contributed by atoms with van der Waals surface area (Å²) in [7, 11) is 0. The summed E-state index contributed by atoms with van der Waals surface area (Å²) in [5.74, 6) is 0.984. The van der Waals surface area contributed by atoms with Crippen LogP contribution in [0.15, 0.2) is 15.9 Å². The minimum absolute atomic E-state index is 0.984. The van der Waals surface area contributed by atoms with Crippen LogP contribution >= 0.6 is 27.3 Å². The van der Waals surface area contributed by atoms with E-state index in [2.05, 4.69) is 38.0 Å². The van der Waals surface area contributed by atoms with Gasteiger partial charge in [-0.1, -0.05) is 0 Å². The van der Waals surface area contributed by atoms with Gasteiger partial charge in [0.25, 0.3) is 0 Å². The molecule has 2 rings (SSSR count). The predicted octanol–water partition coefficient (Wildman–Crippen LogP) is 2.60. The number of rotatable bonds is 7. The molecule has 2 nitrogen and oxygen atoms in total. The van der Waals surface area contributed by atoms with Gasteiger partial charge in [0.1, 0.15) is 0 Å². The molecule has 1 aromatic rings. The van der Waals surface area contributed by atoms with Crippen molar-refractivity contribution in [3.8, 4) is 0 Å². The Morgan fingerprint density at radius 1 is 1.33 bits per heavy atom. The highest BCUT2D eigenvalue weighted by molar-refractivity contribution is 9.10. The average molecular weight is 289 g/mol. The fourth-order valence-corrected chi connectivity index (χ4v) is 2.88. The van der Waals surface area contributed by atoms with Crippen LogP contribution in [0.4, 0.5) is 0 Å². The molecule has 4 heteroatoms. The second-order valence-electron chi connectivity index (χ2n) is 4.06. The molecule has 2 N–H and O–H groups in total. The van der Waals surface area contributed by atoms with Crippen LogP contribution in [0.3, 0.4) is 0 Å². The van der Waals surface area contributed by atoms with Crippen molar-refractivity contribution < 1.29 is 0 Å². The fraction of sp³-hybridized carbons (Fsp3) is 0.636. The van der Waals surface area contributed by atoms with Gasteiger partial charge in [0.2, 0.25) is 0 Å². The largest absolute Gasteiger partial charge is 0.315 e. The van der Waals surface area contributed by atoms with E-state index in [1.165, 1.54) is 28.7 Å². The molecule has 1 heterocycles. The summed E-state index contributed by atoms with van der Waals surface area (Å²) in [6.07, 6.45) is 2.87. The number of hydrogen-bond donors (Lipinski definition) is 2. The van der Waals surface area contributed by atoms with Crippen molar-refractivity contribution in [1.82, 2.24) is 10.6 Å². The summed E-state index contributed by atoms with van der Waals surface area (Å²) in [6, 6.07) is 2.18. The maximum Gasteiger partial charge on any atom is 0.0300 e. The van der Waals surface area contributed by atoms with Gasteiger partial charge in [0.15, 0.2) is 0 Å². The third-order valence-electron chi connectivity index (χ3n) is 2.53. The first-order chi connectivity index (χ1) is 7.34. The van der Waals surface area contributed by atoms with E-state index >= 15 is 0 Å². The highest BCUT2D eigenvalue weighted by atomic mass is 79.9. The molecule has 1 fully saturated rings. The van der Waals surface area contributed by atoms with Crippen LogP contribution in [0.2, 0.25) is 0 Å². The monoisotopic (exact) mass is 288 g/mol. The van der Waals surface area contributed by atoms with E-state index < -0.39 is 0 Å². The SMILES string of the molecule is Brc1csc(CNCCNCC2CC2)c1. The zero-order valence-electron chi connectivity index (χ0n) is 8.76. The van der Waals surface area contributed by atoms with Gasteiger partial charge in [-0.05, 0) is 47.3 Å². The van der Waals surface area contributed by atoms with Gasteiger partial charge in [0.05, 0.1) is 0 Å². The van der Waals surface area contributed by atoms with Crippen molar-refractivity contribution in [2.24, 2.45) is 5.92 Å². The van der Waals surface area contributed by atoms with Gasteiger partial charge < -0.3 is 10.6 Å². The predicted molar refractivity (Wildman–Crippen MR) is 69.3 cm³/mol. The van der Waals surface area contributed by atoms with E-state index in [4.69, 9.17) is 0 Å². The lowest BCUT2D eigenvalue weighted by Crippen LogP contribution is -2.28. The molecular formula is C11H17BrN2S. The maximum absolute atomic E-state index is 3.47. The van der Waals surface area contributed by atoms with Crippen molar-refractivity contribution in [3.63, 3.8) is 0 Å². The first-order valence-corrected chi connectivity index (χ1v) is 7.16. The average Bonchev–Trinajstić information content (AvgIpc) is 2.95. The fourth-order valence-electron chi connectivity index (χ4n) is 1.46. The molecule has 15 heavy (non-hydrogen) atoms. The Balaban J connectivity index is 1.47. The minimum Gasteiger partial charge on any atom is -0.315 e. The summed E-state index contributed by atoms with van der Waals surface area (Å²) in [5, 5.41) is 9.03. The van der Waals surface area contributed by atoms with Crippen LogP contribution in [-0.2, 0) is 6.54 Å². The van der Waals surface area contributed by atoms with Crippen molar-refractivity contribution >= 4 is 27.3 Å². The lowest BCUT2D eigenvalue weighted by Gasteiger charge is -2.04. The van der Waals surface area contributed by atoms with Crippen molar-refractivity contribution in [1.29, 1.82) is 0 Å². The second kappa shape index (κ2) is 5.99. The molecule has 0 unspecified atom stereocenters. The van der Waals surface area contributed by atoms with Crippen LogP contribution in [0.25, 0.3) is 0 Å². The first-order valence-electron chi connectivity index (χ1n) is 5.49. The van der Waals surface area contributed by atoms with Gasteiger partial charge in [-0.25, -0.2) is 0 Å². The summed E-state index contributed by atoms with van der Waals surface area (Å²) in [4.78, 5) is 1.39. The molecule has 0 atom stereocenters. The Hall–Kier alpha value is 0.1000. The van der Waals surface area contributed by atoms with Gasteiger partial charge in [0, 0.05) is 34.4 Å². The van der Waals surface area contributed by atoms with Crippen molar-refractivity contribution in [2.45, 2.75) is 19.4 Å². The topological polar surface area (TPSA) is 24.1 Å². The molecule has 0 bridgehead atoms. The van der Waals surface area contributed by atoms with Crippen LogP contribution < -0.4 is 10.6 Å². The third kappa shape index (κ3) is 4.64. The lowest BCUT2D eigenvalue weighted by atomic mass is 10.4. The Labute approximate surface area is 104 Å². The number of nitrogens with one attached hydrogen (secondary N) is 2. The molecule has 1 aliphatic rings. The quantitative estimate of drug-likeness (QED) is 0.754. The number of halogens is 1. The van der Waals surface area contributed by atoms with E-state index in [1.807, 2.05) is 0 Å². The molecule has 0 aliphatic heterocycles. The van der Waals surface area contributed by atoms with Crippen LogP contribution in [-0.4, -0.2) is 19.6 Å². The zero-order valence-corrected chi connectivity index (χ0v) is 11.2. The normalized spacial score (nSPS) is 15.8. The molecule has 0 radical (unpaired) electrons. The minimum atomic E-state index is 0.984. The van der Waals surface area contributed by atoms with Crippen molar-refractivity contribution in [3.05, 3.63) is 20.8 Å². The summed E-state index contributed by atoms with van der Waals surface area (Å²) in [5.41, 5.74) is 0. The number of thiophene rings is 1. The van der Waals surface area contributed by atoms with Crippen LogP contribution in [0.1, 0.15) is 17.7 Å². The Kier molecular flexibility index (Phi) is 4.62. The highest BCUT2D eigenvalue weighted by Gasteiger charge is 2.19. The molecule has 0 saturated heterocycles. The second-order valence-corrected chi connectivity index (χ2v) is 5.97. The lowest BCUT2D eigenvalue weighted by molar-refractivity contribution is 0.591. The third-order valence-corrected chi connectivity index (χ3v) is 4.23. The van der Waals surface area contributed by atoms with Crippen molar-refractivity contribution in [2.75, 3.05) is 19.6 Å². The van der Waals surface area contributed by atoms with E-state index in [0.29, 0.717) is 0 Å². The molecule has 0 aromatic carbocycles. The van der Waals surface area contributed by atoms with Gasteiger partial charge in [-0.3, -0.25) is 0 Å². The highest BCUT2D eigenvalue weighted by Crippen LogP contribution is 2.27. The van der Waals surface area contributed by atoms with E-state index in [0.717, 1.165) is 25.6 Å². The standard InChI is InChI=1S/C11H17BrN2S/c12-10-5-11(15-8-10)7-14-4-3-13-6-9-1-2-9/h5,8-9,13-14H,1-4,6-7H2. The van der Waals surface area contributed by atoms with Crippen LogP contribution in [0, 0.1) is 5.92 Å². The summed E-state index contributed by atoms with van der Waals surface area (Å²) >= 11 is 5.26. The molecule has 0 amide bonds. The van der Waals surface area contributed by atoms with Gasteiger partial charge in [-0.15, -0.1) is 11.3 Å². The number of hydrogen-bond acceptors (Lipinski definition) is 3. The maximum atomic E-state index is 3.47. The molecule has 1 aromatic heterocycles. The molecule has 84 valence electrons. The molecule has 0 spiro atoms. The first kappa shape index (κ1) is 11.6. The smallest absolute Gasteiger partial charge is 0.0300 e. The molecule has 1 aliphatic carbocycles. The molecular weight excluding hydrogens is 272 g/mol. The van der Waals surface area contributed by atoms with E-state index in [9.17, 15) is 0 Å². The Bertz CT molecular complexity index is 297. The van der Waals surface area contributed by atoms with Gasteiger partial charge in [-0.2, -0.15) is 0 Å². The Morgan fingerprint density at radius 2 is 2.13 bits per heavy atom. The van der Waals surface area contributed by atoms with Gasteiger partial charge >= 0.3 is 0 Å². The van der Waals surface area contributed by atoms with E-state index in [1.54, 1.807) is 11.3 Å². The van der Waals surface area contributed by atoms with Crippen LogP contribution in [0.5, 0.6) is 0 Å². The summed E-state index contributed by atoms with van der Waals surface area (Å²) < 4.78 is 1.19. The molecule has 1 saturated carbocycles. The zero-order chi connectivity index (χ0) is 10.5.